The fourth-order valence-corrected chi connectivity index (χ4v) is 1.69. The lowest BCUT2D eigenvalue weighted by Gasteiger charge is -2.14. The van der Waals surface area contributed by atoms with Crippen LogP contribution < -0.4 is 0 Å². The van der Waals surface area contributed by atoms with E-state index in [0.29, 0.717) is 0 Å². The zero-order valence-corrected chi connectivity index (χ0v) is 9.65. The first kappa shape index (κ1) is 10.1. The Hall–Kier alpha value is -1.45. The van der Waals surface area contributed by atoms with Crippen molar-refractivity contribution in [2.75, 3.05) is 0 Å². The molecule has 2 heterocycles. The molecule has 2 aromatic rings. The van der Waals surface area contributed by atoms with E-state index in [1.807, 2.05) is 10.9 Å². The van der Waals surface area contributed by atoms with Gasteiger partial charge in [-0.2, -0.15) is 5.10 Å². The van der Waals surface area contributed by atoms with Crippen molar-refractivity contribution in [3.8, 4) is 0 Å². The minimum Gasteiger partial charge on any atom is -0.247 e. The zero-order chi connectivity index (χ0) is 11.1. The molecule has 15 heavy (non-hydrogen) atoms. The van der Waals surface area contributed by atoms with E-state index in [2.05, 4.69) is 42.8 Å². The number of aryl methyl sites for hydroxylation is 1. The van der Waals surface area contributed by atoms with Crippen LogP contribution in [0.1, 0.15) is 33.4 Å². The smallest absolute Gasteiger partial charge is 0.161 e. The molecule has 0 radical (unpaired) electrons. The van der Waals surface area contributed by atoms with E-state index in [0.717, 1.165) is 23.3 Å². The van der Waals surface area contributed by atoms with Crippen molar-refractivity contribution in [2.45, 2.75) is 39.7 Å². The van der Waals surface area contributed by atoms with E-state index >= 15 is 0 Å². The molecule has 4 heteroatoms. The van der Waals surface area contributed by atoms with Crippen molar-refractivity contribution in [3.63, 3.8) is 0 Å². The second-order valence-electron chi connectivity index (χ2n) is 4.67. The Morgan fingerprint density at radius 3 is 2.67 bits per heavy atom. The normalized spacial score (nSPS) is 12.3. The molecule has 80 valence electrons. The van der Waals surface area contributed by atoms with Crippen LogP contribution in [0.3, 0.4) is 0 Å². The Morgan fingerprint density at radius 1 is 1.33 bits per heavy atom. The summed E-state index contributed by atoms with van der Waals surface area (Å²) in [6.45, 7) is 9.37. The molecule has 0 aromatic carbocycles. The van der Waals surface area contributed by atoms with E-state index in [1.165, 1.54) is 0 Å². The second kappa shape index (κ2) is 3.29. The first-order valence-electron chi connectivity index (χ1n) is 5.21. The van der Waals surface area contributed by atoms with E-state index in [4.69, 9.17) is 0 Å². The van der Waals surface area contributed by atoms with Gasteiger partial charge in [0.15, 0.2) is 5.65 Å². The standard InChI is InChI=1S/C11H16N4/c1-5-15-10-8(6-12-7-13-10)9(14-15)11(2,3)4/h6-7H,5H2,1-4H3. The molecule has 0 aliphatic heterocycles. The van der Waals surface area contributed by atoms with Crippen LogP contribution in [0.25, 0.3) is 11.0 Å². The van der Waals surface area contributed by atoms with Crippen molar-refractivity contribution in [1.29, 1.82) is 0 Å². The van der Waals surface area contributed by atoms with Crippen molar-refractivity contribution in [3.05, 3.63) is 18.2 Å². The van der Waals surface area contributed by atoms with Crippen molar-refractivity contribution >= 4 is 11.0 Å². The van der Waals surface area contributed by atoms with Gasteiger partial charge in [-0.3, -0.25) is 0 Å². The quantitative estimate of drug-likeness (QED) is 0.714. The average molecular weight is 204 g/mol. The minimum atomic E-state index is 0.0311. The van der Waals surface area contributed by atoms with E-state index in [1.54, 1.807) is 6.33 Å². The van der Waals surface area contributed by atoms with Gasteiger partial charge < -0.3 is 0 Å². The molecule has 0 fully saturated rings. The van der Waals surface area contributed by atoms with Crippen LogP contribution in [0.5, 0.6) is 0 Å². The lowest BCUT2D eigenvalue weighted by molar-refractivity contribution is 0.546. The maximum absolute atomic E-state index is 4.59. The monoisotopic (exact) mass is 204 g/mol. The molecule has 2 aromatic heterocycles. The van der Waals surface area contributed by atoms with Crippen LogP contribution >= 0.6 is 0 Å². The maximum atomic E-state index is 4.59. The molecule has 0 aliphatic rings. The lowest BCUT2D eigenvalue weighted by Crippen LogP contribution is -2.13. The average Bonchev–Trinajstić information content (AvgIpc) is 2.55. The Labute approximate surface area is 89.3 Å². The van der Waals surface area contributed by atoms with Crippen molar-refractivity contribution in [2.24, 2.45) is 0 Å². The third kappa shape index (κ3) is 1.60. The molecule has 2 rings (SSSR count). The van der Waals surface area contributed by atoms with Gasteiger partial charge in [-0.05, 0) is 6.92 Å². The third-order valence-electron chi connectivity index (χ3n) is 2.42. The molecule has 0 saturated heterocycles. The topological polar surface area (TPSA) is 43.6 Å². The van der Waals surface area contributed by atoms with Gasteiger partial charge in [0, 0.05) is 18.2 Å². The number of fused-ring (bicyclic) bond motifs is 1. The number of rotatable bonds is 1. The summed E-state index contributed by atoms with van der Waals surface area (Å²) in [6.07, 6.45) is 3.42. The predicted octanol–water partition coefficient (Wildman–Crippen LogP) is 2.14. The SMILES string of the molecule is CCn1nc(C(C)(C)C)c2cncnc21. The Morgan fingerprint density at radius 2 is 2.07 bits per heavy atom. The molecule has 0 N–H and O–H groups in total. The first-order chi connectivity index (χ1) is 7.04. The van der Waals surface area contributed by atoms with Gasteiger partial charge in [-0.1, -0.05) is 20.8 Å². The molecule has 0 bridgehead atoms. The minimum absolute atomic E-state index is 0.0311. The van der Waals surface area contributed by atoms with Gasteiger partial charge in [-0.25, -0.2) is 14.6 Å². The summed E-state index contributed by atoms with van der Waals surface area (Å²) in [5, 5.41) is 5.66. The molecule has 0 amide bonds. The molecule has 0 aliphatic carbocycles. The van der Waals surface area contributed by atoms with Crippen LogP contribution in [0.4, 0.5) is 0 Å². The summed E-state index contributed by atoms with van der Waals surface area (Å²) >= 11 is 0. The molecule has 0 saturated carbocycles. The van der Waals surface area contributed by atoms with Gasteiger partial charge in [0.05, 0.1) is 11.1 Å². The second-order valence-corrected chi connectivity index (χ2v) is 4.67. The summed E-state index contributed by atoms with van der Waals surface area (Å²) in [5.74, 6) is 0. The summed E-state index contributed by atoms with van der Waals surface area (Å²) in [4.78, 5) is 8.35. The van der Waals surface area contributed by atoms with Gasteiger partial charge in [0.1, 0.15) is 6.33 Å². The van der Waals surface area contributed by atoms with Crippen LogP contribution in [0.2, 0.25) is 0 Å². The predicted molar refractivity (Wildman–Crippen MR) is 59.7 cm³/mol. The van der Waals surface area contributed by atoms with Crippen molar-refractivity contribution < 1.29 is 0 Å². The Kier molecular flexibility index (Phi) is 2.21. The summed E-state index contributed by atoms with van der Waals surface area (Å²) < 4.78 is 1.93. The maximum Gasteiger partial charge on any atom is 0.161 e. The summed E-state index contributed by atoms with van der Waals surface area (Å²) in [7, 11) is 0. The number of nitrogens with zero attached hydrogens (tertiary/aromatic N) is 4. The number of aromatic nitrogens is 4. The highest BCUT2D eigenvalue weighted by Crippen LogP contribution is 2.27. The highest BCUT2D eigenvalue weighted by atomic mass is 15.3. The molecular weight excluding hydrogens is 188 g/mol. The Balaban J connectivity index is 2.76. The van der Waals surface area contributed by atoms with E-state index in [9.17, 15) is 0 Å². The van der Waals surface area contributed by atoms with Gasteiger partial charge >= 0.3 is 0 Å². The van der Waals surface area contributed by atoms with E-state index in [-0.39, 0.29) is 5.41 Å². The molecule has 0 spiro atoms. The lowest BCUT2D eigenvalue weighted by atomic mass is 9.91. The first-order valence-corrected chi connectivity index (χ1v) is 5.21. The summed E-state index contributed by atoms with van der Waals surface area (Å²) in [6, 6.07) is 0. The van der Waals surface area contributed by atoms with Crippen molar-refractivity contribution in [1.82, 2.24) is 19.7 Å². The molecule has 0 atom stereocenters. The van der Waals surface area contributed by atoms with Crippen LogP contribution in [0, 0.1) is 0 Å². The highest BCUT2D eigenvalue weighted by molar-refractivity contribution is 5.78. The van der Waals surface area contributed by atoms with Crippen LogP contribution in [-0.4, -0.2) is 19.7 Å². The Bertz CT molecular complexity index is 479. The van der Waals surface area contributed by atoms with Gasteiger partial charge in [-0.15, -0.1) is 0 Å². The molecular formula is C11H16N4. The number of hydrogen-bond acceptors (Lipinski definition) is 3. The van der Waals surface area contributed by atoms with E-state index < -0.39 is 0 Å². The fraction of sp³-hybridized carbons (Fsp3) is 0.545. The summed E-state index contributed by atoms with van der Waals surface area (Å²) in [5.41, 5.74) is 2.03. The fourth-order valence-electron chi connectivity index (χ4n) is 1.69. The zero-order valence-electron chi connectivity index (χ0n) is 9.65. The number of hydrogen-bond donors (Lipinski definition) is 0. The third-order valence-corrected chi connectivity index (χ3v) is 2.42. The van der Waals surface area contributed by atoms with Gasteiger partial charge in [0.25, 0.3) is 0 Å². The van der Waals surface area contributed by atoms with Gasteiger partial charge in [0.2, 0.25) is 0 Å². The molecule has 0 unspecified atom stereocenters. The molecule has 4 nitrogen and oxygen atoms in total. The largest absolute Gasteiger partial charge is 0.247 e. The van der Waals surface area contributed by atoms with Crippen LogP contribution in [-0.2, 0) is 12.0 Å². The van der Waals surface area contributed by atoms with Crippen LogP contribution in [0.15, 0.2) is 12.5 Å². The highest BCUT2D eigenvalue weighted by Gasteiger charge is 2.22.